The number of methoxy groups -OCH3 is 1. The number of ether oxygens (including phenoxy) is 6. The minimum Gasteiger partial charge on any atom is -0.394 e. The molecule has 4 saturated carbocycles. The molecule has 7 fully saturated rings. The van der Waals surface area contributed by atoms with E-state index >= 15 is 0 Å². The van der Waals surface area contributed by atoms with Gasteiger partial charge >= 0.3 is 0 Å². The van der Waals surface area contributed by atoms with Gasteiger partial charge in [0, 0.05) is 25.4 Å². The van der Waals surface area contributed by atoms with E-state index in [1.807, 2.05) is 0 Å². The number of rotatable bonds is 10. The van der Waals surface area contributed by atoms with Crippen molar-refractivity contribution < 1.29 is 69.3 Å². The first-order valence-electron chi connectivity index (χ1n) is 20.7. The molecular weight excluding hydrogens is 704 g/mol. The van der Waals surface area contributed by atoms with Gasteiger partial charge in [0.2, 0.25) is 0 Å². The van der Waals surface area contributed by atoms with Crippen molar-refractivity contribution in [3.8, 4) is 0 Å². The van der Waals surface area contributed by atoms with Gasteiger partial charge in [0.25, 0.3) is 0 Å². The predicted octanol–water partition coefficient (Wildman–Crippen LogP) is 1.05. The van der Waals surface area contributed by atoms with Crippen LogP contribution in [0.1, 0.15) is 92.4 Å². The molecule has 8 N–H and O–H groups in total. The summed E-state index contributed by atoms with van der Waals surface area (Å²) < 4.78 is 37.0. The Labute approximate surface area is 319 Å². The normalized spacial score (nSPS) is 55.9. The van der Waals surface area contributed by atoms with Crippen LogP contribution in [0.3, 0.4) is 0 Å². The van der Waals surface area contributed by atoms with Crippen molar-refractivity contribution in [3.63, 3.8) is 0 Å². The molecule has 14 nitrogen and oxygen atoms in total. The first-order chi connectivity index (χ1) is 25.5. The standard InChI is InChI=1S/C40H68O14/c1-18(2)9-14-40(49-6)19(3)26-34(54-40)30(45)27-22-8-7-20-15-21(10-12-38(20,4)23(22)11-13-39(26,27)5)50-37-35(32(47)29(44)25(17-42)52-37)53-36-33(48)31(46)28(43)24(16-41)51-36/h18-37,41-48H,7-17H2,1-6H3/t19-,20+,21-,22+,23-,24+,25+,26-,27+,28+,29-,30+,31-,32-,33+,34+,35+,36-,37+,38-,39+,40-/m0/s1. The van der Waals surface area contributed by atoms with Crippen LogP contribution in [0.25, 0.3) is 0 Å². The maximum Gasteiger partial charge on any atom is 0.187 e. The van der Waals surface area contributed by atoms with Crippen molar-refractivity contribution in [2.24, 2.45) is 52.3 Å². The van der Waals surface area contributed by atoms with Gasteiger partial charge in [0.05, 0.1) is 31.5 Å². The fourth-order valence-corrected chi connectivity index (χ4v) is 13.0. The van der Waals surface area contributed by atoms with Crippen molar-refractivity contribution in [3.05, 3.63) is 0 Å². The van der Waals surface area contributed by atoms with E-state index in [0.29, 0.717) is 30.1 Å². The molecule has 0 amide bonds. The molecule has 312 valence electrons. The van der Waals surface area contributed by atoms with Gasteiger partial charge < -0.3 is 69.3 Å². The number of aliphatic hydroxyl groups is 8. The average Bonchev–Trinajstić information content (AvgIpc) is 3.57. The first kappa shape index (κ1) is 41.6. The SMILES string of the molecule is CO[C@@]1(CCC(C)C)O[C@H]2[C@H](O)[C@H]3[C@@H]4CC[C@@H]5C[C@@H](O[C@@H]6O[C@H](CO)[C@H](O)[C@H](O)[C@H]6O[C@@H]6O[C@H](CO)[C@@H](O)[C@H](O)[C@H]6O)CC[C@]5(C)[C@H]4CC[C@]3(C)[C@H]2[C@@H]1C. The van der Waals surface area contributed by atoms with Gasteiger partial charge in [-0.15, -0.1) is 0 Å². The summed E-state index contributed by atoms with van der Waals surface area (Å²) in [6.07, 6.45) is -7.60. The van der Waals surface area contributed by atoms with Crippen LogP contribution in [0.15, 0.2) is 0 Å². The maximum atomic E-state index is 12.2. The number of fused-ring (bicyclic) bond motifs is 7. The van der Waals surface area contributed by atoms with Crippen molar-refractivity contribution in [1.82, 2.24) is 0 Å². The Kier molecular flexibility index (Phi) is 12.0. The van der Waals surface area contributed by atoms with Crippen LogP contribution in [0.4, 0.5) is 0 Å². The van der Waals surface area contributed by atoms with Crippen molar-refractivity contribution in [2.45, 2.75) is 178 Å². The van der Waals surface area contributed by atoms with Crippen molar-refractivity contribution in [1.29, 1.82) is 0 Å². The minimum atomic E-state index is -1.73. The Morgan fingerprint density at radius 1 is 0.722 bits per heavy atom. The highest BCUT2D eigenvalue weighted by Gasteiger charge is 2.72. The third kappa shape index (κ3) is 6.64. The van der Waals surface area contributed by atoms with Crippen LogP contribution in [0, 0.1) is 52.3 Å². The maximum absolute atomic E-state index is 12.2. The lowest BCUT2D eigenvalue weighted by molar-refractivity contribution is -0.373. The third-order valence-corrected chi connectivity index (χ3v) is 16.0. The van der Waals surface area contributed by atoms with E-state index in [4.69, 9.17) is 28.4 Å². The topological polar surface area (TPSA) is 217 Å². The highest BCUT2D eigenvalue weighted by molar-refractivity contribution is 5.18. The van der Waals surface area contributed by atoms with Gasteiger partial charge in [-0.3, -0.25) is 0 Å². The summed E-state index contributed by atoms with van der Waals surface area (Å²) in [5, 5.41) is 84.9. The molecule has 7 aliphatic rings. The van der Waals surface area contributed by atoms with Gasteiger partial charge in [-0.05, 0) is 91.8 Å². The zero-order chi connectivity index (χ0) is 39.1. The molecule has 0 bridgehead atoms. The quantitative estimate of drug-likeness (QED) is 0.146. The second-order valence-corrected chi connectivity index (χ2v) is 19.0. The molecule has 3 saturated heterocycles. The minimum absolute atomic E-state index is 0.0323. The summed E-state index contributed by atoms with van der Waals surface area (Å²) in [6, 6.07) is 0. The zero-order valence-corrected chi connectivity index (χ0v) is 32.9. The summed E-state index contributed by atoms with van der Waals surface area (Å²) >= 11 is 0. The second kappa shape index (κ2) is 15.6. The van der Waals surface area contributed by atoms with Crippen molar-refractivity contribution >= 4 is 0 Å². The first-order valence-corrected chi connectivity index (χ1v) is 20.7. The fraction of sp³-hybridized carbons (Fsp3) is 1.00. The molecular formula is C40H68O14. The van der Waals surface area contributed by atoms with Crippen molar-refractivity contribution in [2.75, 3.05) is 20.3 Å². The molecule has 14 heteroatoms. The number of hydrogen-bond acceptors (Lipinski definition) is 14. The lowest BCUT2D eigenvalue weighted by atomic mass is 9.44. The van der Waals surface area contributed by atoms with E-state index in [2.05, 4.69) is 34.6 Å². The van der Waals surface area contributed by atoms with Gasteiger partial charge in [-0.25, -0.2) is 0 Å². The zero-order valence-electron chi connectivity index (χ0n) is 32.9. The van der Waals surface area contributed by atoms with Gasteiger partial charge in [0.15, 0.2) is 18.4 Å². The average molecular weight is 773 g/mol. The highest BCUT2D eigenvalue weighted by atomic mass is 16.8. The molecule has 0 aromatic carbocycles. The predicted molar refractivity (Wildman–Crippen MR) is 191 cm³/mol. The molecule has 22 atom stereocenters. The Bertz CT molecular complexity index is 1290. The van der Waals surface area contributed by atoms with E-state index in [-0.39, 0.29) is 40.8 Å². The lowest BCUT2D eigenvalue weighted by Crippen LogP contribution is -2.65. The lowest BCUT2D eigenvalue weighted by Gasteiger charge is -2.61. The summed E-state index contributed by atoms with van der Waals surface area (Å²) in [4.78, 5) is 0. The molecule has 3 aliphatic heterocycles. The Balaban J connectivity index is 1.04. The monoisotopic (exact) mass is 772 g/mol. The number of hydrogen-bond donors (Lipinski definition) is 8. The van der Waals surface area contributed by atoms with Gasteiger partial charge in [0.1, 0.15) is 48.8 Å². The summed E-state index contributed by atoms with van der Waals surface area (Å²) in [5.74, 6) is 1.58. The molecule has 54 heavy (non-hydrogen) atoms. The molecule has 0 spiro atoms. The molecule has 7 rings (SSSR count). The van der Waals surface area contributed by atoms with Gasteiger partial charge in [-0.2, -0.15) is 0 Å². The second-order valence-electron chi connectivity index (χ2n) is 19.0. The Morgan fingerprint density at radius 3 is 2.02 bits per heavy atom. The molecule has 0 radical (unpaired) electrons. The van der Waals surface area contributed by atoms with Crippen LogP contribution in [0.2, 0.25) is 0 Å². The molecule has 0 unspecified atom stereocenters. The molecule has 4 aliphatic carbocycles. The number of aliphatic hydroxyl groups excluding tert-OH is 8. The fourth-order valence-electron chi connectivity index (χ4n) is 13.0. The van der Waals surface area contributed by atoms with Gasteiger partial charge in [-0.1, -0.05) is 34.6 Å². The molecule has 0 aromatic heterocycles. The Morgan fingerprint density at radius 2 is 1.37 bits per heavy atom. The van der Waals surface area contributed by atoms with E-state index in [1.54, 1.807) is 7.11 Å². The van der Waals surface area contributed by atoms with Crippen LogP contribution < -0.4 is 0 Å². The Hall–Kier alpha value is -0.560. The smallest absolute Gasteiger partial charge is 0.187 e. The van der Waals surface area contributed by atoms with Crippen LogP contribution in [-0.4, -0.2) is 147 Å². The van der Waals surface area contributed by atoms with E-state index < -0.39 is 86.5 Å². The third-order valence-electron chi connectivity index (χ3n) is 16.0. The summed E-state index contributed by atoms with van der Waals surface area (Å²) in [6.45, 7) is 10.3. The highest BCUT2D eigenvalue weighted by Crippen LogP contribution is 2.71. The van der Waals surface area contributed by atoms with Crippen LogP contribution in [0.5, 0.6) is 0 Å². The van der Waals surface area contributed by atoms with E-state index in [0.717, 1.165) is 51.4 Å². The molecule has 0 aromatic rings. The summed E-state index contributed by atoms with van der Waals surface area (Å²) in [5.41, 5.74) is -0.0141. The molecule has 3 heterocycles. The van der Waals surface area contributed by atoms with Crippen LogP contribution >= 0.6 is 0 Å². The van der Waals surface area contributed by atoms with E-state index in [1.165, 1.54) is 0 Å². The largest absolute Gasteiger partial charge is 0.394 e. The van der Waals surface area contributed by atoms with Crippen LogP contribution in [-0.2, 0) is 28.4 Å². The van der Waals surface area contributed by atoms with E-state index in [9.17, 15) is 40.9 Å². The summed E-state index contributed by atoms with van der Waals surface area (Å²) in [7, 11) is 1.76.